The van der Waals surface area contributed by atoms with Crippen LogP contribution in [0.2, 0.25) is 19.6 Å². The van der Waals surface area contributed by atoms with E-state index in [0.29, 0.717) is 5.92 Å². The third-order valence-electron chi connectivity index (χ3n) is 4.63. The van der Waals surface area contributed by atoms with E-state index in [1.807, 2.05) is 0 Å². The van der Waals surface area contributed by atoms with Crippen LogP contribution in [0.5, 0.6) is 0 Å². The summed E-state index contributed by atoms with van der Waals surface area (Å²) in [7, 11) is -1.64. The molecule has 0 saturated heterocycles. The summed E-state index contributed by atoms with van der Waals surface area (Å²) in [6.45, 7) is 12.3. The van der Waals surface area contributed by atoms with Crippen molar-refractivity contribution in [3.8, 4) is 0 Å². The van der Waals surface area contributed by atoms with Crippen molar-refractivity contribution in [2.75, 3.05) is 6.54 Å². The molecule has 0 N–H and O–H groups in total. The molecule has 3 rings (SSSR count). The molecule has 0 radical (unpaired) electrons. The number of hydrogen-bond acceptors (Lipinski definition) is 2. The summed E-state index contributed by atoms with van der Waals surface area (Å²) >= 11 is 3.61. The smallest absolute Gasteiger partial charge is 0.184 e. The minimum atomic E-state index is -1.64. The number of nitrogens with zero attached hydrogens (tertiary/aromatic N) is 1. The van der Waals surface area contributed by atoms with Gasteiger partial charge in [-0.05, 0) is 54.4 Å². The topological polar surface area (TPSA) is 12.5 Å². The second-order valence-electron chi connectivity index (χ2n) is 8.12. The van der Waals surface area contributed by atoms with E-state index in [9.17, 15) is 0 Å². The van der Waals surface area contributed by atoms with Crippen molar-refractivity contribution in [3.63, 3.8) is 0 Å². The summed E-state index contributed by atoms with van der Waals surface area (Å²) < 4.78 is 7.74. The minimum absolute atomic E-state index is 0.146. The van der Waals surface area contributed by atoms with Gasteiger partial charge in [-0.1, -0.05) is 59.3 Å². The molecule has 0 saturated carbocycles. The van der Waals surface area contributed by atoms with Gasteiger partial charge in [-0.2, -0.15) is 0 Å². The zero-order valence-corrected chi connectivity index (χ0v) is 18.2. The lowest BCUT2D eigenvalue weighted by atomic mass is 9.97. The Hall–Kier alpha value is -0.943. The highest BCUT2D eigenvalue weighted by atomic mass is 79.9. The molecule has 0 spiro atoms. The lowest BCUT2D eigenvalue weighted by molar-refractivity contribution is 0.102. The van der Waals surface area contributed by atoms with Crippen LogP contribution in [0.15, 0.2) is 53.0 Å². The lowest BCUT2D eigenvalue weighted by Crippen LogP contribution is -2.34. The van der Waals surface area contributed by atoms with Gasteiger partial charge in [-0.15, -0.1) is 0 Å². The molecule has 1 aliphatic heterocycles. The molecule has 25 heavy (non-hydrogen) atoms. The molecule has 2 atom stereocenters. The molecule has 2 aromatic carbocycles. The highest BCUT2D eigenvalue weighted by Crippen LogP contribution is 2.33. The highest BCUT2D eigenvalue weighted by molar-refractivity contribution is 9.10. The predicted octanol–water partition coefficient (Wildman–Crippen LogP) is 5.99. The molecule has 0 bridgehead atoms. The number of halogens is 1. The summed E-state index contributed by atoms with van der Waals surface area (Å²) in [5, 5.41) is 0. The quantitative estimate of drug-likeness (QED) is 0.534. The summed E-state index contributed by atoms with van der Waals surface area (Å²) in [4.78, 5) is 2.55. The molecule has 1 aliphatic rings. The van der Waals surface area contributed by atoms with Gasteiger partial charge in [0.15, 0.2) is 8.32 Å². The maximum Gasteiger partial charge on any atom is 0.184 e. The first-order valence-electron chi connectivity index (χ1n) is 9.04. The van der Waals surface area contributed by atoms with Crippen molar-refractivity contribution in [3.05, 3.63) is 69.7 Å². The molecular weight excluding hydrogens is 390 g/mol. The number of fused-ring (bicyclic) bond motifs is 1. The third kappa shape index (κ3) is 5.04. The van der Waals surface area contributed by atoms with E-state index in [1.54, 1.807) is 0 Å². The van der Waals surface area contributed by atoms with Crippen LogP contribution in [0.1, 0.15) is 29.7 Å². The molecule has 0 aliphatic carbocycles. The Morgan fingerprint density at radius 1 is 1.04 bits per heavy atom. The van der Waals surface area contributed by atoms with Crippen LogP contribution in [-0.4, -0.2) is 19.8 Å². The first-order chi connectivity index (χ1) is 11.8. The maximum absolute atomic E-state index is 6.62. The van der Waals surface area contributed by atoms with Crippen molar-refractivity contribution < 1.29 is 4.43 Å². The van der Waals surface area contributed by atoms with Crippen LogP contribution in [0, 0.1) is 5.92 Å². The molecule has 0 amide bonds. The Balaban J connectivity index is 1.74. The molecule has 134 valence electrons. The first kappa shape index (κ1) is 18.8. The van der Waals surface area contributed by atoms with Gasteiger partial charge < -0.3 is 4.43 Å². The second-order valence-corrected chi connectivity index (χ2v) is 13.5. The van der Waals surface area contributed by atoms with Gasteiger partial charge in [0.1, 0.15) is 0 Å². The number of hydrogen-bond donors (Lipinski definition) is 0. The van der Waals surface area contributed by atoms with Gasteiger partial charge in [0.25, 0.3) is 0 Å². The van der Waals surface area contributed by atoms with E-state index >= 15 is 0 Å². The standard InChI is InChI=1S/C21H28BrNOSi/c1-16(13-23-14-18-8-5-6-9-19(18)15-23)21(24-25(2,3)4)17-10-7-11-20(22)12-17/h5-12,16,21H,13-15H2,1-4H3/t16-,21-/m1/s1. The van der Waals surface area contributed by atoms with E-state index in [1.165, 1.54) is 16.7 Å². The summed E-state index contributed by atoms with van der Waals surface area (Å²) in [6, 6.07) is 17.4. The lowest BCUT2D eigenvalue weighted by Gasteiger charge is -2.33. The van der Waals surface area contributed by atoms with Gasteiger partial charge in [0.2, 0.25) is 0 Å². The zero-order valence-electron chi connectivity index (χ0n) is 15.6. The second kappa shape index (κ2) is 7.75. The molecule has 0 unspecified atom stereocenters. The van der Waals surface area contributed by atoms with E-state index in [0.717, 1.165) is 24.1 Å². The Morgan fingerprint density at radius 2 is 1.68 bits per heavy atom. The fourth-order valence-electron chi connectivity index (χ4n) is 3.61. The average molecular weight is 418 g/mol. The van der Waals surface area contributed by atoms with E-state index in [2.05, 4.69) is 95.9 Å². The van der Waals surface area contributed by atoms with Crippen LogP contribution in [0.3, 0.4) is 0 Å². The van der Waals surface area contributed by atoms with Gasteiger partial charge >= 0.3 is 0 Å². The Bertz CT molecular complexity index is 703. The van der Waals surface area contributed by atoms with Crippen LogP contribution in [0.4, 0.5) is 0 Å². The van der Waals surface area contributed by atoms with E-state index in [-0.39, 0.29) is 6.10 Å². The van der Waals surface area contributed by atoms with Gasteiger partial charge in [0, 0.05) is 24.1 Å². The fourth-order valence-corrected chi connectivity index (χ4v) is 5.16. The number of rotatable bonds is 6. The third-order valence-corrected chi connectivity index (χ3v) is 6.08. The molecule has 2 nitrogen and oxygen atoms in total. The zero-order chi connectivity index (χ0) is 18.0. The SMILES string of the molecule is C[C@H](CN1Cc2ccccc2C1)[C@@H](O[Si](C)(C)C)c1cccc(Br)c1. The summed E-state index contributed by atoms with van der Waals surface area (Å²) in [5.41, 5.74) is 4.22. The largest absolute Gasteiger partial charge is 0.410 e. The van der Waals surface area contributed by atoms with Gasteiger partial charge in [-0.3, -0.25) is 4.90 Å². The first-order valence-corrected chi connectivity index (χ1v) is 13.2. The molecule has 4 heteroatoms. The Morgan fingerprint density at radius 3 is 2.24 bits per heavy atom. The van der Waals surface area contributed by atoms with E-state index in [4.69, 9.17) is 4.43 Å². The molecular formula is C21H28BrNOSi. The molecule has 0 aromatic heterocycles. The van der Waals surface area contributed by atoms with Crippen LogP contribution in [-0.2, 0) is 17.5 Å². The average Bonchev–Trinajstić information content (AvgIpc) is 2.93. The van der Waals surface area contributed by atoms with Crippen molar-refractivity contribution in [1.29, 1.82) is 0 Å². The Kier molecular flexibility index (Phi) is 5.84. The van der Waals surface area contributed by atoms with Crippen molar-refractivity contribution in [1.82, 2.24) is 4.90 Å². The molecule has 1 heterocycles. The predicted molar refractivity (Wildman–Crippen MR) is 111 cm³/mol. The highest BCUT2D eigenvalue weighted by Gasteiger charge is 2.29. The maximum atomic E-state index is 6.62. The summed E-state index contributed by atoms with van der Waals surface area (Å²) in [6.07, 6.45) is 0.146. The van der Waals surface area contributed by atoms with Crippen LogP contribution >= 0.6 is 15.9 Å². The van der Waals surface area contributed by atoms with Crippen LogP contribution in [0.25, 0.3) is 0 Å². The normalized spacial score (nSPS) is 17.3. The van der Waals surface area contributed by atoms with Crippen LogP contribution < -0.4 is 0 Å². The van der Waals surface area contributed by atoms with Gasteiger partial charge in [0.05, 0.1) is 6.10 Å². The van der Waals surface area contributed by atoms with E-state index < -0.39 is 8.32 Å². The molecule has 0 fully saturated rings. The van der Waals surface area contributed by atoms with Crippen molar-refractivity contribution in [2.45, 2.75) is 45.8 Å². The monoisotopic (exact) mass is 417 g/mol. The fraction of sp³-hybridized carbons (Fsp3) is 0.429. The Labute approximate surface area is 161 Å². The minimum Gasteiger partial charge on any atom is -0.410 e. The number of benzene rings is 2. The van der Waals surface area contributed by atoms with Crippen molar-refractivity contribution >= 4 is 24.2 Å². The van der Waals surface area contributed by atoms with Crippen molar-refractivity contribution in [2.24, 2.45) is 5.92 Å². The van der Waals surface area contributed by atoms with Gasteiger partial charge in [-0.25, -0.2) is 0 Å². The molecule has 2 aromatic rings. The summed E-state index contributed by atoms with van der Waals surface area (Å²) in [5.74, 6) is 0.440.